The first-order valence-electron chi connectivity index (χ1n) is 4.60. The molecule has 0 saturated heterocycles. The molecule has 1 aromatic rings. The molecule has 0 atom stereocenters. The monoisotopic (exact) mass is 226 g/mol. The van der Waals surface area contributed by atoms with Crippen LogP contribution >= 0.6 is 12.6 Å². The Kier molecular flexibility index (Phi) is 4.03. The van der Waals surface area contributed by atoms with Crippen molar-refractivity contribution in [3.63, 3.8) is 0 Å². The molecule has 0 heterocycles. The molecule has 0 saturated carbocycles. The van der Waals surface area contributed by atoms with Crippen molar-refractivity contribution in [2.45, 2.75) is 20.3 Å². The van der Waals surface area contributed by atoms with Crippen molar-refractivity contribution in [1.29, 1.82) is 0 Å². The molecular weight excluding hydrogens is 212 g/mol. The molecule has 0 unspecified atom stereocenters. The first kappa shape index (κ1) is 11.9. The summed E-state index contributed by atoms with van der Waals surface area (Å²) in [5, 5.41) is 9.54. The molecule has 0 fully saturated rings. The minimum absolute atomic E-state index is 0.0921. The quantitative estimate of drug-likeness (QED) is 0.470. The van der Waals surface area contributed by atoms with E-state index in [1.807, 2.05) is 0 Å². The number of carbonyl (C=O) groups is 1. The van der Waals surface area contributed by atoms with Crippen molar-refractivity contribution in [1.82, 2.24) is 0 Å². The van der Waals surface area contributed by atoms with Gasteiger partial charge in [-0.1, -0.05) is 12.1 Å². The van der Waals surface area contributed by atoms with Crippen LogP contribution in [0.3, 0.4) is 0 Å². The average Bonchev–Trinajstić information content (AvgIpc) is 2.14. The lowest BCUT2D eigenvalue weighted by Gasteiger charge is -2.07. The molecule has 0 aliphatic rings. The van der Waals surface area contributed by atoms with E-state index in [4.69, 9.17) is 4.74 Å². The smallest absolute Gasteiger partial charge is 0.311 e. The van der Waals surface area contributed by atoms with Crippen molar-refractivity contribution < 1.29 is 14.6 Å². The number of phenolic OH excluding ortho intramolecular Hbond substituents is 1. The van der Waals surface area contributed by atoms with Gasteiger partial charge in [-0.05, 0) is 30.5 Å². The topological polar surface area (TPSA) is 46.5 Å². The molecule has 3 nitrogen and oxygen atoms in total. The highest BCUT2D eigenvalue weighted by Crippen LogP contribution is 2.23. The molecule has 1 rings (SSSR count). The number of esters is 1. The van der Waals surface area contributed by atoms with Crippen LogP contribution in [0, 0.1) is 13.8 Å². The average molecular weight is 226 g/mol. The molecule has 0 bridgehead atoms. The van der Waals surface area contributed by atoms with Crippen LogP contribution in [0.4, 0.5) is 0 Å². The Balaban J connectivity index is 2.83. The fourth-order valence-corrected chi connectivity index (χ4v) is 1.58. The van der Waals surface area contributed by atoms with E-state index in [1.54, 1.807) is 26.0 Å². The molecule has 0 spiro atoms. The first-order chi connectivity index (χ1) is 7.04. The Morgan fingerprint density at radius 2 is 1.93 bits per heavy atom. The summed E-state index contributed by atoms with van der Waals surface area (Å²) >= 11 is 3.80. The van der Waals surface area contributed by atoms with E-state index >= 15 is 0 Å². The third-order valence-corrected chi connectivity index (χ3v) is 2.25. The number of hydrogen-bond donors (Lipinski definition) is 2. The Labute approximate surface area is 94.5 Å². The molecule has 1 N–H and O–H groups in total. The van der Waals surface area contributed by atoms with E-state index < -0.39 is 0 Å². The normalized spacial score (nSPS) is 10.1. The van der Waals surface area contributed by atoms with Crippen LogP contribution in [0.1, 0.15) is 16.7 Å². The van der Waals surface area contributed by atoms with Gasteiger partial charge in [0.2, 0.25) is 0 Å². The minimum Gasteiger partial charge on any atom is -0.507 e. The summed E-state index contributed by atoms with van der Waals surface area (Å²) in [5.74, 6) is 0.0605. The Hall–Kier alpha value is -1.16. The van der Waals surface area contributed by atoms with Crippen LogP contribution < -0.4 is 0 Å². The second kappa shape index (κ2) is 5.07. The van der Waals surface area contributed by atoms with Gasteiger partial charge in [-0.15, -0.1) is 12.6 Å². The van der Waals surface area contributed by atoms with Crippen molar-refractivity contribution >= 4 is 18.6 Å². The second-order valence-electron chi connectivity index (χ2n) is 3.40. The second-order valence-corrected chi connectivity index (χ2v) is 3.66. The summed E-state index contributed by atoms with van der Waals surface area (Å²) in [7, 11) is 0. The standard InChI is InChI=1S/C11H14O3S/c1-7-3-9(4-8(2)11(7)13)5-10(12)14-6-15/h3-4,13,15H,5-6H2,1-2H3. The lowest BCUT2D eigenvalue weighted by Crippen LogP contribution is -2.07. The van der Waals surface area contributed by atoms with E-state index in [0.717, 1.165) is 16.7 Å². The zero-order valence-electron chi connectivity index (χ0n) is 8.78. The zero-order chi connectivity index (χ0) is 11.4. The van der Waals surface area contributed by atoms with E-state index in [2.05, 4.69) is 12.6 Å². The molecule has 0 amide bonds. The van der Waals surface area contributed by atoms with Gasteiger partial charge < -0.3 is 9.84 Å². The van der Waals surface area contributed by atoms with Gasteiger partial charge in [0, 0.05) is 0 Å². The Morgan fingerprint density at radius 3 is 2.40 bits per heavy atom. The maximum Gasteiger partial charge on any atom is 0.311 e. The number of hydrogen-bond acceptors (Lipinski definition) is 4. The Morgan fingerprint density at radius 1 is 1.40 bits per heavy atom. The summed E-state index contributed by atoms with van der Waals surface area (Å²) < 4.78 is 4.72. The fourth-order valence-electron chi connectivity index (χ4n) is 1.44. The number of aromatic hydroxyl groups is 1. The highest BCUT2D eigenvalue weighted by atomic mass is 32.1. The predicted octanol–water partition coefficient (Wildman–Crippen LogP) is 1.98. The van der Waals surface area contributed by atoms with Crippen molar-refractivity contribution in [3.8, 4) is 5.75 Å². The number of ether oxygens (including phenoxy) is 1. The highest BCUT2D eigenvalue weighted by molar-refractivity contribution is 7.80. The largest absolute Gasteiger partial charge is 0.507 e. The van der Waals surface area contributed by atoms with Crippen LogP contribution in [0.5, 0.6) is 5.75 Å². The summed E-state index contributed by atoms with van der Waals surface area (Å²) in [6, 6.07) is 3.56. The van der Waals surface area contributed by atoms with Crippen molar-refractivity contribution in [2.24, 2.45) is 0 Å². The molecule has 0 aromatic heterocycles. The van der Waals surface area contributed by atoms with Gasteiger partial charge in [-0.25, -0.2) is 0 Å². The Bertz CT molecular complexity index is 351. The van der Waals surface area contributed by atoms with Gasteiger partial charge in [-0.2, -0.15) is 0 Å². The first-order valence-corrected chi connectivity index (χ1v) is 5.23. The maximum atomic E-state index is 11.2. The van der Waals surface area contributed by atoms with Crippen LogP contribution in [0.25, 0.3) is 0 Å². The number of benzene rings is 1. The van der Waals surface area contributed by atoms with Crippen LogP contribution in [-0.4, -0.2) is 17.0 Å². The van der Waals surface area contributed by atoms with Crippen LogP contribution in [0.2, 0.25) is 0 Å². The molecule has 0 radical (unpaired) electrons. The maximum absolute atomic E-state index is 11.2. The number of aryl methyl sites for hydroxylation is 2. The molecule has 82 valence electrons. The number of rotatable bonds is 3. The lowest BCUT2D eigenvalue weighted by molar-refractivity contribution is -0.140. The van der Waals surface area contributed by atoms with Gasteiger partial charge in [0.05, 0.1) is 6.42 Å². The molecule has 1 aromatic carbocycles. The summed E-state index contributed by atoms with van der Waals surface area (Å²) in [5.41, 5.74) is 2.38. The SMILES string of the molecule is Cc1cc(CC(=O)OCS)cc(C)c1O. The molecular formula is C11H14O3S. The van der Waals surface area contributed by atoms with Gasteiger partial charge in [-0.3, -0.25) is 4.79 Å². The molecule has 0 aliphatic heterocycles. The number of phenols is 1. The van der Waals surface area contributed by atoms with E-state index in [1.165, 1.54) is 0 Å². The number of thiol groups is 1. The molecule has 0 aliphatic carbocycles. The minimum atomic E-state index is -0.311. The summed E-state index contributed by atoms with van der Waals surface area (Å²) in [6.07, 6.45) is 0.211. The van der Waals surface area contributed by atoms with Crippen LogP contribution in [-0.2, 0) is 16.0 Å². The third kappa shape index (κ3) is 3.16. The molecule has 15 heavy (non-hydrogen) atoms. The van der Waals surface area contributed by atoms with Gasteiger partial charge >= 0.3 is 5.97 Å². The predicted molar refractivity (Wildman–Crippen MR) is 61.2 cm³/mol. The van der Waals surface area contributed by atoms with E-state index in [-0.39, 0.29) is 24.1 Å². The van der Waals surface area contributed by atoms with E-state index in [0.29, 0.717) is 0 Å². The highest BCUT2D eigenvalue weighted by Gasteiger charge is 2.07. The van der Waals surface area contributed by atoms with Gasteiger partial charge in [0.25, 0.3) is 0 Å². The third-order valence-electron chi connectivity index (χ3n) is 2.12. The lowest BCUT2D eigenvalue weighted by atomic mass is 10.0. The van der Waals surface area contributed by atoms with Crippen LogP contribution in [0.15, 0.2) is 12.1 Å². The fraction of sp³-hybridized carbons (Fsp3) is 0.364. The van der Waals surface area contributed by atoms with Gasteiger partial charge in [0.15, 0.2) is 0 Å². The van der Waals surface area contributed by atoms with Gasteiger partial charge in [0.1, 0.15) is 11.7 Å². The van der Waals surface area contributed by atoms with Crippen molar-refractivity contribution in [3.05, 3.63) is 28.8 Å². The number of carbonyl (C=O) groups excluding carboxylic acids is 1. The zero-order valence-corrected chi connectivity index (χ0v) is 9.67. The van der Waals surface area contributed by atoms with E-state index in [9.17, 15) is 9.90 Å². The van der Waals surface area contributed by atoms with Crippen molar-refractivity contribution in [2.75, 3.05) is 5.94 Å². The summed E-state index contributed by atoms with van der Waals surface area (Å²) in [6.45, 7) is 3.60. The molecule has 4 heteroatoms. The summed E-state index contributed by atoms with van der Waals surface area (Å²) in [4.78, 5) is 11.2.